The molecule has 1 aromatic carbocycles. The number of aromatic nitrogens is 2. The van der Waals surface area contributed by atoms with E-state index in [1.807, 2.05) is 26.0 Å². The maximum absolute atomic E-state index is 5.95. The number of benzene rings is 1. The molecule has 1 aromatic heterocycles. The molecule has 22 heavy (non-hydrogen) atoms. The highest BCUT2D eigenvalue weighted by Gasteiger charge is 2.05. The number of halogens is 1. The zero-order valence-electron chi connectivity index (χ0n) is 12.9. The van der Waals surface area contributed by atoms with Crippen LogP contribution in [0.5, 0.6) is 5.75 Å². The second kappa shape index (κ2) is 7.80. The Morgan fingerprint density at radius 3 is 2.86 bits per heavy atom. The van der Waals surface area contributed by atoms with Gasteiger partial charge in [-0.3, -0.25) is 0 Å². The van der Waals surface area contributed by atoms with Crippen molar-refractivity contribution in [1.82, 2.24) is 9.97 Å². The van der Waals surface area contributed by atoms with Gasteiger partial charge in [-0.1, -0.05) is 29.8 Å². The Balaban J connectivity index is 1.86. The fraction of sp³-hybridized carbons (Fsp3) is 0.294. The smallest absolute Gasteiger partial charge is 0.137 e. The molecule has 0 unspecified atom stereocenters. The predicted molar refractivity (Wildman–Crippen MR) is 90.8 cm³/mol. The minimum absolute atomic E-state index is 0.465. The van der Waals surface area contributed by atoms with E-state index in [-0.39, 0.29) is 0 Å². The zero-order chi connectivity index (χ0) is 15.9. The first-order valence-electron chi connectivity index (χ1n) is 7.16. The predicted octanol–water partition coefficient (Wildman–Crippen LogP) is 3.97. The molecule has 0 aliphatic carbocycles. The molecule has 0 fully saturated rings. The molecular weight excluding hydrogens is 298 g/mol. The third-order valence-electron chi connectivity index (χ3n) is 3.29. The fourth-order valence-electron chi connectivity index (χ4n) is 2.10. The van der Waals surface area contributed by atoms with E-state index >= 15 is 0 Å². The Labute approximate surface area is 136 Å². The molecule has 1 N–H and O–H groups in total. The van der Waals surface area contributed by atoms with Crippen LogP contribution in [0.4, 0.5) is 5.82 Å². The number of hydrogen-bond donors (Lipinski definition) is 1. The molecule has 1 heterocycles. The summed E-state index contributed by atoms with van der Waals surface area (Å²) >= 11 is 5.95. The van der Waals surface area contributed by atoms with Crippen molar-refractivity contribution in [2.75, 3.05) is 18.5 Å². The van der Waals surface area contributed by atoms with Crippen LogP contribution in [0.3, 0.4) is 0 Å². The van der Waals surface area contributed by atoms with Crippen molar-refractivity contribution in [2.45, 2.75) is 20.3 Å². The number of rotatable bonds is 7. The lowest BCUT2D eigenvalue weighted by molar-refractivity contribution is 0.330. The summed E-state index contributed by atoms with van der Waals surface area (Å²) in [6.07, 6.45) is 4.21. The van der Waals surface area contributed by atoms with Gasteiger partial charge in [0.2, 0.25) is 0 Å². The molecule has 0 radical (unpaired) electrons. The Morgan fingerprint density at radius 2 is 2.14 bits per heavy atom. The van der Waals surface area contributed by atoms with Crippen molar-refractivity contribution in [1.29, 1.82) is 0 Å². The van der Waals surface area contributed by atoms with E-state index < -0.39 is 0 Å². The number of ether oxygens (including phenoxy) is 1. The molecule has 2 rings (SSSR count). The molecule has 5 heteroatoms. The largest absolute Gasteiger partial charge is 0.491 e. The van der Waals surface area contributed by atoms with E-state index in [0.29, 0.717) is 18.3 Å². The topological polar surface area (TPSA) is 47.0 Å². The van der Waals surface area contributed by atoms with E-state index in [9.17, 15) is 0 Å². The Kier molecular flexibility index (Phi) is 5.78. The third-order valence-corrected chi connectivity index (χ3v) is 3.68. The van der Waals surface area contributed by atoms with E-state index in [1.54, 1.807) is 0 Å². The van der Waals surface area contributed by atoms with Gasteiger partial charge in [-0.15, -0.1) is 6.58 Å². The summed E-state index contributed by atoms with van der Waals surface area (Å²) in [5.41, 5.74) is 3.21. The first kappa shape index (κ1) is 16.3. The average molecular weight is 318 g/mol. The number of hydrogen-bond acceptors (Lipinski definition) is 4. The van der Waals surface area contributed by atoms with Crippen LogP contribution in [0, 0.1) is 13.8 Å². The normalized spacial score (nSPS) is 10.3. The molecule has 116 valence electrons. The van der Waals surface area contributed by atoms with Gasteiger partial charge in [0.25, 0.3) is 0 Å². The Bertz CT molecular complexity index is 658. The average Bonchev–Trinajstić information content (AvgIpc) is 2.50. The quantitative estimate of drug-likeness (QED) is 0.477. The monoisotopic (exact) mass is 317 g/mol. The molecule has 0 saturated carbocycles. The van der Waals surface area contributed by atoms with Crippen molar-refractivity contribution in [2.24, 2.45) is 0 Å². The number of nitrogens with zero attached hydrogens (tertiary/aromatic N) is 2. The summed E-state index contributed by atoms with van der Waals surface area (Å²) in [5.74, 6) is 1.63. The van der Waals surface area contributed by atoms with Gasteiger partial charge in [0.05, 0.1) is 6.54 Å². The highest BCUT2D eigenvalue weighted by Crippen LogP contribution is 2.20. The lowest BCUT2D eigenvalue weighted by atomic mass is 10.1. The lowest BCUT2D eigenvalue weighted by Crippen LogP contribution is -2.13. The second-order valence-electron chi connectivity index (χ2n) is 5.01. The molecular formula is C17H20ClN3O. The van der Waals surface area contributed by atoms with Crippen LogP contribution in [-0.4, -0.2) is 23.1 Å². The van der Waals surface area contributed by atoms with Gasteiger partial charge in [-0.25, -0.2) is 9.97 Å². The second-order valence-corrected chi connectivity index (χ2v) is 5.36. The fourth-order valence-corrected chi connectivity index (χ4v) is 2.24. The van der Waals surface area contributed by atoms with Crippen LogP contribution in [0.2, 0.25) is 5.15 Å². The number of anilines is 1. The first-order chi connectivity index (χ1) is 10.6. The van der Waals surface area contributed by atoms with Gasteiger partial charge in [0, 0.05) is 5.56 Å². The maximum Gasteiger partial charge on any atom is 0.137 e. The van der Waals surface area contributed by atoms with Crippen molar-refractivity contribution >= 4 is 17.4 Å². The van der Waals surface area contributed by atoms with Crippen molar-refractivity contribution in [3.8, 4) is 5.75 Å². The molecule has 0 saturated heterocycles. The van der Waals surface area contributed by atoms with Crippen LogP contribution < -0.4 is 10.1 Å². The standard InChI is InChI=1S/C17H20ClN3O/c1-4-5-14-6-7-15(12(2)10-14)22-9-8-19-17-13(3)16(18)20-11-21-17/h4,6-7,10-11H,1,5,8-9H2,2-3H3,(H,19,20,21). The molecule has 0 spiro atoms. The third kappa shape index (κ3) is 4.21. The van der Waals surface area contributed by atoms with Gasteiger partial charge >= 0.3 is 0 Å². The van der Waals surface area contributed by atoms with Crippen molar-refractivity contribution < 1.29 is 4.74 Å². The SMILES string of the molecule is C=CCc1ccc(OCCNc2ncnc(Cl)c2C)c(C)c1. The van der Waals surface area contributed by atoms with E-state index in [4.69, 9.17) is 16.3 Å². The van der Waals surface area contributed by atoms with E-state index in [1.165, 1.54) is 11.9 Å². The summed E-state index contributed by atoms with van der Waals surface area (Å²) in [6, 6.07) is 6.19. The number of aryl methyl sites for hydroxylation is 1. The number of allylic oxidation sites excluding steroid dienone is 1. The summed E-state index contributed by atoms with van der Waals surface area (Å²) in [4.78, 5) is 8.09. The molecule has 0 atom stereocenters. The minimum atomic E-state index is 0.465. The molecule has 0 amide bonds. The van der Waals surface area contributed by atoms with Gasteiger partial charge in [-0.05, 0) is 37.5 Å². The Morgan fingerprint density at radius 1 is 1.32 bits per heavy atom. The zero-order valence-corrected chi connectivity index (χ0v) is 13.7. The lowest BCUT2D eigenvalue weighted by Gasteiger charge is -2.12. The minimum Gasteiger partial charge on any atom is -0.491 e. The summed E-state index contributed by atoms with van der Waals surface area (Å²) < 4.78 is 5.80. The van der Waals surface area contributed by atoms with Crippen LogP contribution in [-0.2, 0) is 6.42 Å². The summed E-state index contributed by atoms with van der Waals surface area (Å²) in [5, 5.41) is 3.67. The summed E-state index contributed by atoms with van der Waals surface area (Å²) in [6.45, 7) is 8.87. The van der Waals surface area contributed by atoms with Gasteiger partial charge in [0.1, 0.15) is 29.7 Å². The van der Waals surface area contributed by atoms with Crippen LogP contribution in [0.25, 0.3) is 0 Å². The van der Waals surface area contributed by atoms with Gasteiger partial charge in [-0.2, -0.15) is 0 Å². The van der Waals surface area contributed by atoms with Crippen LogP contribution in [0.1, 0.15) is 16.7 Å². The molecule has 0 bridgehead atoms. The number of nitrogens with one attached hydrogen (secondary N) is 1. The first-order valence-corrected chi connectivity index (χ1v) is 7.53. The van der Waals surface area contributed by atoms with Gasteiger partial charge in [0.15, 0.2) is 0 Å². The Hall–Kier alpha value is -2.07. The molecule has 4 nitrogen and oxygen atoms in total. The molecule has 0 aliphatic rings. The molecule has 0 aliphatic heterocycles. The van der Waals surface area contributed by atoms with Crippen molar-refractivity contribution in [3.05, 3.63) is 59.0 Å². The van der Waals surface area contributed by atoms with Crippen LogP contribution >= 0.6 is 11.6 Å². The molecule has 2 aromatic rings. The van der Waals surface area contributed by atoms with E-state index in [0.717, 1.165) is 29.1 Å². The summed E-state index contributed by atoms with van der Waals surface area (Å²) in [7, 11) is 0. The van der Waals surface area contributed by atoms with Gasteiger partial charge < -0.3 is 10.1 Å². The maximum atomic E-state index is 5.95. The van der Waals surface area contributed by atoms with E-state index in [2.05, 4.69) is 34.0 Å². The highest BCUT2D eigenvalue weighted by atomic mass is 35.5. The van der Waals surface area contributed by atoms with Crippen LogP contribution in [0.15, 0.2) is 37.2 Å². The van der Waals surface area contributed by atoms with Crippen molar-refractivity contribution in [3.63, 3.8) is 0 Å². The highest BCUT2D eigenvalue weighted by molar-refractivity contribution is 6.30.